The maximum atomic E-state index is 2.46. The molecule has 310 valence electrons. The fraction of sp³-hybridized carbons (Fsp3) is 0.0492. The first-order valence-corrected chi connectivity index (χ1v) is 22.6. The van der Waals surface area contributed by atoms with Crippen LogP contribution in [-0.2, 0) is 0 Å². The summed E-state index contributed by atoms with van der Waals surface area (Å²) in [6, 6.07) is 81.5. The first-order valence-electron chi connectivity index (χ1n) is 22.6. The first-order chi connectivity index (χ1) is 32.2. The van der Waals surface area contributed by atoms with E-state index >= 15 is 0 Å². The van der Waals surface area contributed by atoms with Gasteiger partial charge in [-0.05, 0) is 133 Å². The zero-order chi connectivity index (χ0) is 43.3. The average molecular weight is 835 g/mol. The lowest BCUT2D eigenvalue weighted by atomic mass is 9.96. The molecule has 4 heteroatoms. The molecule has 0 amide bonds. The quantitative estimate of drug-likeness (QED) is 0.144. The van der Waals surface area contributed by atoms with Crippen molar-refractivity contribution in [3.8, 4) is 22.5 Å². The third kappa shape index (κ3) is 6.70. The molecule has 0 saturated heterocycles. The predicted molar refractivity (Wildman–Crippen MR) is 275 cm³/mol. The van der Waals surface area contributed by atoms with Crippen molar-refractivity contribution in [2.75, 3.05) is 9.80 Å². The van der Waals surface area contributed by atoms with Crippen molar-refractivity contribution in [3.63, 3.8) is 0 Å². The summed E-state index contributed by atoms with van der Waals surface area (Å²) in [4.78, 5) is 4.82. The summed E-state index contributed by atoms with van der Waals surface area (Å²) in [6.07, 6.45) is 7.78. The molecule has 12 rings (SSSR count). The lowest BCUT2D eigenvalue weighted by Crippen LogP contribution is -2.22. The van der Waals surface area contributed by atoms with Gasteiger partial charge in [-0.3, -0.25) is 0 Å². The molecule has 0 aliphatic heterocycles. The van der Waals surface area contributed by atoms with Crippen molar-refractivity contribution in [2.45, 2.75) is 13.3 Å². The molecule has 1 unspecified atom stereocenters. The molecule has 0 radical (unpaired) electrons. The van der Waals surface area contributed by atoms with Crippen LogP contribution < -0.4 is 9.80 Å². The number of para-hydroxylation sites is 5. The third-order valence-corrected chi connectivity index (χ3v) is 13.1. The minimum atomic E-state index is 0.365. The van der Waals surface area contributed by atoms with E-state index in [0.29, 0.717) is 5.92 Å². The zero-order valence-corrected chi connectivity index (χ0v) is 36.2. The van der Waals surface area contributed by atoms with E-state index in [4.69, 9.17) is 0 Å². The van der Waals surface area contributed by atoms with Crippen LogP contribution in [0.15, 0.2) is 248 Å². The lowest BCUT2D eigenvalue weighted by molar-refractivity contribution is 0.670. The van der Waals surface area contributed by atoms with E-state index in [0.717, 1.165) is 40.5 Å². The van der Waals surface area contributed by atoms with Gasteiger partial charge in [-0.25, -0.2) is 0 Å². The highest BCUT2D eigenvalue weighted by Crippen LogP contribution is 2.43. The largest absolute Gasteiger partial charge is 0.314 e. The van der Waals surface area contributed by atoms with Crippen molar-refractivity contribution in [2.24, 2.45) is 5.92 Å². The SMILES string of the molecule is CC1CC=CC=C1N(c1ccc(-c2ccc(N(c3ccccc3)c3ccc4c(c3)c3ccccc3n4-c3ccccc3)cc2)cc1)c1ccc2c(c1)c1ccccc1n2-c1ccccc1. The van der Waals surface area contributed by atoms with Gasteiger partial charge in [0.1, 0.15) is 0 Å². The van der Waals surface area contributed by atoms with E-state index in [1.54, 1.807) is 0 Å². The molecule has 0 saturated carbocycles. The van der Waals surface area contributed by atoms with E-state index < -0.39 is 0 Å². The number of allylic oxidation sites excluding steroid dienone is 4. The Morgan fingerprint density at radius 1 is 0.369 bits per heavy atom. The normalized spacial score (nSPS) is 13.7. The number of nitrogens with zero attached hydrogens (tertiary/aromatic N) is 4. The van der Waals surface area contributed by atoms with Gasteiger partial charge in [0.05, 0.1) is 22.1 Å². The van der Waals surface area contributed by atoms with E-state index in [-0.39, 0.29) is 0 Å². The van der Waals surface area contributed by atoms with Crippen LogP contribution in [0.4, 0.5) is 28.4 Å². The van der Waals surface area contributed by atoms with E-state index in [2.05, 4.69) is 269 Å². The maximum absolute atomic E-state index is 2.46. The van der Waals surface area contributed by atoms with Crippen molar-refractivity contribution >= 4 is 72.0 Å². The first kappa shape index (κ1) is 38.3. The molecule has 0 bridgehead atoms. The van der Waals surface area contributed by atoms with Gasteiger partial charge in [-0.2, -0.15) is 0 Å². The number of benzene rings is 9. The topological polar surface area (TPSA) is 16.3 Å². The molecule has 0 spiro atoms. The van der Waals surface area contributed by atoms with Crippen LogP contribution in [0.2, 0.25) is 0 Å². The van der Waals surface area contributed by atoms with Gasteiger partial charge < -0.3 is 18.9 Å². The van der Waals surface area contributed by atoms with Crippen LogP contribution in [0.1, 0.15) is 13.3 Å². The highest BCUT2D eigenvalue weighted by molar-refractivity contribution is 6.12. The van der Waals surface area contributed by atoms with Gasteiger partial charge in [0, 0.05) is 73.0 Å². The van der Waals surface area contributed by atoms with Crippen LogP contribution >= 0.6 is 0 Å². The molecule has 0 fully saturated rings. The molecule has 4 nitrogen and oxygen atoms in total. The molecule has 1 atom stereocenters. The number of rotatable bonds is 9. The minimum absolute atomic E-state index is 0.365. The number of anilines is 5. The Morgan fingerprint density at radius 3 is 1.28 bits per heavy atom. The van der Waals surface area contributed by atoms with Crippen LogP contribution in [0.5, 0.6) is 0 Å². The van der Waals surface area contributed by atoms with Gasteiger partial charge in [-0.15, -0.1) is 0 Å². The second-order valence-electron chi connectivity index (χ2n) is 17.0. The molecule has 2 aromatic heterocycles. The van der Waals surface area contributed by atoms with Crippen LogP contribution in [-0.4, -0.2) is 9.13 Å². The number of hydrogen-bond donors (Lipinski definition) is 0. The Balaban J connectivity index is 0.906. The van der Waals surface area contributed by atoms with Crippen molar-refractivity contribution < 1.29 is 0 Å². The average Bonchev–Trinajstić information content (AvgIpc) is 3.88. The summed E-state index contributed by atoms with van der Waals surface area (Å²) >= 11 is 0. The van der Waals surface area contributed by atoms with E-state index in [1.807, 2.05) is 0 Å². The van der Waals surface area contributed by atoms with Crippen molar-refractivity contribution in [3.05, 3.63) is 248 Å². The van der Waals surface area contributed by atoms with E-state index in [1.165, 1.54) is 66.1 Å². The third-order valence-electron chi connectivity index (χ3n) is 13.1. The molecule has 11 aromatic rings. The summed E-state index contributed by atoms with van der Waals surface area (Å²) < 4.78 is 4.75. The fourth-order valence-electron chi connectivity index (χ4n) is 10.0. The highest BCUT2D eigenvalue weighted by Gasteiger charge is 2.23. The zero-order valence-electron chi connectivity index (χ0n) is 36.2. The van der Waals surface area contributed by atoms with Crippen LogP contribution in [0.25, 0.3) is 66.1 Å². The Hall–Kier alpha value is -8.34. The molecule has 1 aliphatic carbocycles. The maximum Gasteiger partial charge on any atom is 0.0542 e. The van der Waals surface area contributed by atoms with Crippen molar-refractivity contribution in [1.29, 1.82) is 0 Å². The summed E-state index contributed by atoms with van der Waals surface area (Å²) in [6.45, 7) is 2.33. The number of hydrogen-bond acceptors (Lipinski definition) is 2. The Bertz CT molecular complexity index is 3560. The van der Waals surface area contributed by atoms with Gasteiger partial charge in [0.2, 0.25) is 0 Å². The number of aromatic nitrogens is 2. The second kappa shape index (κ2) is 16.1. The Labute approximate surface area is 379 Å². The minimum Gasteiger partial charge on any atom is -0.314 e. The van der Waals surface area contributed by atoms with E-state index in [9.17, 15) is 0 Å². The summed E-state index contributed by atoms with van der Waals surface area (Å²) in [7, 11) is 0. The smallest absolute Gasteiger partial charge is 0.0542 e. The van der Waals surface area contributed by atoms with Gasteiger partial charge in [-0.1, -0.05) is 134 Å². The molecular formula is C61H46N4. The summed E-state index contributed by atoms with van der Waals surface area (Å²) in [5.41, 5.74) is 16.4. The van der Waals surface area contributed by atoms with Crippen LogP contribution in [0.3, 0.4) is 0 Å². The standard InChI is InChI=1S/C61H46N4/c1-43-17-11-14-26-57(43)63(52-38-40-61-56(42-52)54-25-13-16-28-59(54)65(61)48-22-9-4-10-23-48)50-35-31-45(32-36-50)44-29-33-49(34-30-44)62(46-18-5-2-6-19-46)51-37-39-60-55(41-51)53-24-12-15-27-58(53)64(60)47-20-7-3-8-21-47/h2-16,18-43H,17H2,1H3. The molecule has 1 aliphatic rings. The lowest BCUT2D eigenvalue weighted by Gasteiger charge is -2.32. The van der Waals surface area contributed by atoms with Crippen molar-refractivity contribution in [1.82, 2.24) is 9.13 Å². The Morgan fingerprint density at radius 2 is 0.769 bits per heavy atom. The molecule has 2 heterocycles. The van der Waals surface area contributed by atoms with Gasteiger partial charge >= 0.3 is 0 Å². The molecule has 9 aromatic carbocycles. The molecular weight excluding hydrogens is 789 g/mol. The predicted octanol–water partition coefficient (Wildman–Crippen LogP) is 16.6. The van der Waals surface area contributed by atoms with Gasteiger partial charge in [0.25, 0.3) is 0 Å². The fourth-order valence-corrected chi connectivity index (χ4v) is 10.0. The molecule has 0 N–H and O–H groups in total. The second-order valence-corrected chi connectivity index (χ2v) is 17.0. The Kier molecular flexibility index (Phi) is 9.49. The van der Waals surface area contributed by atoms with Crippen LogP contribution in [0, 0.1) is 5.92 Å². The summed E-state index contributed by atoms with van der Waals surface area (Å²) in [5, 5.41) is 4.95. The highest BCUT2D eigenvalue weighted by atomic mass is 15.2. The number of fused-ring (bicyclic) bond motifs is 6. The van der Waals surface area contributed by atoms with Gasteiger partial charge in [0.15, 0.2) is 0 Å². The summed E-state index contributed by atoms with van der Waals surface area (Å²) in [5.74, 6) is 0.365. The monoisotopic (exact) mass is 834 g/mol. The molecule has 65 heavy (non-hydrogen) atoms.